The van der Waals surface area contributed by atoms with Gasteiger partial charge in [0.15, 0.2) is 6.10 Å². The molecule has 0 aromatic heterocycles. The van der Waals surface area contributed by atoms with Crippen LogP contribution < -0.4 is 10.1 Å². The number of nitrogens with one attached hydrogen (secondary N) is 1. The maximum absolute atomic E-state index is 12.2. The second-order valence-corrected chi connectivity index (χ2v) is 6.89. The summed E-state index contributed by atoms with van der Waals surface area (Å²) in [5.74, 6) is 0.448. The van der Waals surface area contributed by atoms with E-state index < -0.39 is 6.10 Å². The van der Waals surface area contributed by atoms with Crippen LogP contribution in [0.25, 0.3) is 0 Å². The SMILES string of the molecule is Cc1ccc(NC(=O)[C@@H](C)Oc2ccc(Br)cc2Br)cc1C. The second kappa shape index (κ2) is 7.29. The average Bonchev–Trinajstić information content (AvgIpc) is 2.45. The molecule has 2 rings (SSSR count). The third kappa shape index (κ3) is 4.34. The van der Waals surface area contributed by atoms with E-state index in [0.717, 1.165) is 20.2 Å². The van der Waals surface area contributed by atoms with Crippen LogP contribution in [0, 0.1) is 13.8 Å². The molecule has 0 aliphatic heterocycles. The van der Waals surface area contributed by atoms with Crippen molar-refractivity contribution in [1.82, 2.24) is 0 Å². The molecule has 22 heavy (non-hydrogen) atoms. The van der Waals surface area contributed by atoms with Gasteiger partial charge in [-0.3, -0.25) is 4.79 Å². The van der Waals surface area contributed by atoms with Crippen LogP contribution in [0.5, 0.6) is 5.75 Å². The van der Waals surface area contributed by atoms with Gasteiger partial charge in [0.25, 0.3) is 5.91 Å². The molecule has 0 bridgehead atoms. The Morgan fingerprint density at radius 3 is 2.45 bits per heavy atom. The molecule has 116 valence electrons. The van der Waals surface area contributed by atoms with Crippen molar-refractivity contribution in [2.24, 2.45) is 0 Å². The molecule has 0 heterocycles. The van der Waals surface area contributed by atoms with Crippen molar-refractivity contribution >= 4 is 43.5 Å². The van der Waals surface area contributed by atoms with E-state index in [9.17, 15) is 4.79 Å². The van der Waals surface area contributed by atoms with E-state index in [2.05, 4.69) is 37.2 Å². The minimum Gasteiger partial charge on any atom is -0.480 e. The Balaban J connectivity index is 2.04. The Morgan fingerprint density at radius 2 is 1.82 bits per heavy atom. The monoisotopic (exact) mass is 425 g/mol. The van der Waals surface area contributed by atoms with Crippen molar-refractivity contribution in [3.8, 4) is 5.75 Å². The number of halogens is 2. The molecule has 0 aliphatic carbocycles. The number of aryl methyl sites for hydroxylation is 2. The molecule has 1 atom stereocenters. The predicted molar refractivity (Wildman–Crippen MR) is 96.5 cm³/mol. The van der Waals surface area contributed by atoms with E-state index in [4.69, 9.17) is 4.74 Å². The van der Waals surface area contributed by atoms with Crippen LogP contribution in [-0.2, 0) is 4.79 Å². The summed E-state index contributed by atoms with van der Waals surface area (Å²) in [5.41, 5.74) is 3.11. The summed E-state index contributed by atoms with van der Waals surface area (Å²) in [5, 5.41) is 2.87. The van der Waals surface area contributed by atoms with Crippen LogP contribution >= 0.6 is 31.9 Å². The van der Waals surface area contributed by atoms with Crippen molar-refractivity contribution in [3.63, 3.8) is 0 Å². The Bertz CT molecular complexity index is 701. The average molecular weight is 427 g/mol. The predicted octanol–water partition coefficient (Wildman–Crippen LogP) is 5.23. The van der Waals surface area contributed by atoms with Gasteiger partial charge in [0.2, 0.25) is 0 Å². The zero-order valence-corrected chi connectivity index (χ0v) is 15.8. The summed E-state index contributed by atoms with van der Waals surface area (Å²) < 4.78 is 7.45. The molecule has 5 heteroatoms. The zero-order chi connectivity index (χ0) is 16.3. The number of carbonyl (C=O) groups is 1. The molecule has 0 saturated carbocycles. The number of anilines is 1. The van der Waals surface area contributed by atoms with Gasteiger partial charge in [-0.1, -0.05) is 22.0 Å². The molecule has 0 radical (unpaired) electrons. The lowest BCUT2D eigenvalue weighted by atomic mass is 10.1. The third-order valence-electron chi connectivity index (χ3n) is 3.34. The minimum atomic E-state index is -0.598. The Kier molecular flexibility index (Phi) is 5.64. The Morgan fingerprint density at radius 1 is 1.09 bits per heavy atom. The lowest BCUT2D eigenvalue weighted by Crippen LogP contribution is -2.30. The normalized spacial score (nSPS) is 11.9. The second-order valence-electron chi connectivity index (χ2n) is 5.12. The van der Waals surface area contributed by atoms with Crippen LogP contribution in [-0.4, -0.2) is 12.0 Å². The fourth-order valence-corrected chi connectivity index (χ4v) is 3.02. The summed E-state index contributed by atoms with van der Waals surface area (Å²) in [6, 6.07) is 11.4. The van der Waals surface area contributed by atoms with Crippen molar-refractivity contribution in [2.45, 2.75) is 26.9 Å². The maximum atomic E-state index is 12.2. The number of carbonyl (C=O) groups excluding carboxylic acids is 1. The highest BCUT2D eigenvalue weighted by Crippen LogP contribution is 2.29. The van der Waals surface area contributed by atoms with Crippen LogP contribution in [0.4, 0.5) is 5.69 Å². The number of hydrogen-bond acceptors (Lipinski definition) is 2. The largest absolute Gasteiger partial charge is 0.480 e. The van der Waals surface area contributed by atoms with E-state index in [1.54, 1.807) is 6.92 Å². The first-order valence-electron chi connectivity index (χ1n) is 6.86. The number of rotatable bonds is 4. The molecule has 2 aromatic carbocycles. The first-order chi connectivity index (χ1) is 10.4. The highest BCUT2D eigenvalue weighted by Gasteiger charge is 2.16. The van der Waals surface area contributed by atoms with Gasteiger partial charge in [0.1, 0.15) is 5.75 Å². The molecular weight excluding hydrogens is 410 g/mol. The third-order valence-corrected chi connectivity index (χ3v) is 4.45. The highest BCUT2D eigenvalue weighted by atomic mass is 79.9. The van der Waals surface area contributed by atoms with Crippen molar-refractivity contribution < 1.29 is 9.53 Å². The molecule has 0 unspecified atom stereocenters. The fourth-order valence-electron chi connectivity index (χ4n) is 1.88. The van der Waals surface area contributed by atoms with Gasteiger partial charge >= 0.3 is 0 Å². The van der Waals surface area contributed by atoms with E-state index in [-0.39, 0.29) is 5.91 Å². The van der Waals surface area contributed by atoms with E-state index in [1.807, 2.05) is 50.2 Å². The molecule has 0 fully saturated rings. The van der Waals surface area contributed by atoms with Gasteiger partial charge in [-0.15, -0.1) is 0 Å². The number of ether oxygens (including phenoxy) is 1. The summed E-state index contributed by atoms with van der Waals surface area (Å²) in [4.78, 5) is 12.2. The van der Waals surface area contributed by atoms with Crippen molar-refractivity contribution in [2.75, 3.05) is 5.32 Å². The molecule has 2 aromatic rings. The van der Waals surface area contributed by atoms with Crippen LogP contribution in [0.15, 0.2) is 45.3 Å². The van der Waals surface area contributed by atoms with Crippen LogP contribution in [0.1, 0.15) is 18.1 Å². The molecule has 0 saturated heterocycles. The van der Waals surface area contributed by atoms with Gasteiger partial charge in [0.05, 0.1) is 4.47 Å². The number of benzene rings is 2. The zero-order valence-electron chi connectivity index (χ0n) is 12.6. The fraction of sp³-hybridized carbons (Fsp3) is 0.235. The van der Waals surface area contributed by atoms with Crippen LogP contribution in [0.3, 0.4) is 0 Å². The lowest BCUT2D eigenvalue weighted by Gasteiger charge is -2.16. The summed E-state index contributed by atoms with van der Waals surface area (Å²) >= 11 is 6.81. The molecule has 0 aliphatic rings. The summed E-state index contributed by atoms with van der Waals surface area (Å²) in [7, 11) is 0. The van der Waals surface area contributed by atoms with Crippen molar-refractivity contribution in [3.05, 3.63) is 56.5 Å². The Labute approximate surface area is 147 Å². The van der Waals surface area contributed by atoms with Gasteiger partial charge < -0.3 is 10.1 Å². The van der Waals surface area contributed by atoms with Gasteiger partial charge in [-0.05, 0) is 78.2 Å². The molecule has 3 nitrogen and oxygen atoms in total. The quantitative estimate of drug-likeness (QED) is 0.726. The number of hydrogen-bond donors (Lipinski definition) is 1. The molecule has 0 spiro atoms. The topological polar surface area (TPSA) is 38.3 Å². The van der Waals surface area contributed by atoms with Crippen molar-refractivity contribution in [1.29, 1.82) is 0 Å². The van der Waals surface area contributed by atoms with Gasteiger partial charge in [0, 0.05) is 10.2 Å². The summed E-state index contributed by atoms with van der Waals surface area (Å²) in [6.45, 7) is 5.78. The molecular formula is C17H17Br2NO2. The first-order valence-corrected chi connectivity index (χ1v) is 8.45. The van der Waals surface area contributed by atoms with E-state index >= 15 is 0 Å². The molecule has 1 N–H and O–H groups in total. The maximum Gasteiger partial charge on any atom is 0.265 e. The van der Waals surface area contributed by atoms with E-state index in [1.165, 1.54) is 5.56 Å². The Hall–Kier alpha value is -1.33. The van der Waals surface area contributed by atoms with Gasteiger partial charge in [-0.25, -0.2) is 0 Å². The molecule has 1 amide bonds. The lowest BCUT2D eigenvalue weighted by molar-refractivity contribution is -0.122. The van der Waals surface area contributed by atoms with E-state index in [0.29, 0.717) is 5.75 Å². The summed E-state index contributed by atoms with van der Waals surface area (Å²) in [6.07, 6.45) is -0.598. The standard InChI is InChI=1S/C17H17Br2NO2/c1-10-4-6-14(8-11(10)2)20-17(21)12(3)22-16-7-5-13(18)9-15(16)19/h4-9,12H,1-3H3,(H,20,21)/t12-/m1/s1. The highest BCUT2D eigenvalue weighted by molar-refractivity contribution is 9.11. The van der Waals surface area contributed by atoms with Crippen LogP contribution in [0.2, 0.25) is 0 Å². The smallest absolute Gasteiger partial charge is 0.265 e. The minimum absolute atomic E-state index is 0.182. The first kappa shape index (κ1) is 17.0. The number of amides is 1. The van der Waals surface area contributed by atoms with Gasteiger partial charge in [-0.2, -0.15) is 0 Å².